The van der Waals surface area contributed by atoms with Gasteiger partial charge in [0.2, 0.25) is 0 Å². The smallest absolute Gasteiger partial charge is 0.331 e. The largest absolute Gasteiger partial charge is 0.457 e. The van der Waals surface area contributed by atoms with Crippen LogP contribution in [-0.2, 0) is 16.0 Å². The van der Waals surface area contributed by atoms with Crippen LogP contribution < -0.4 is 0 Å². The predicted molar refractivity (Wildman–Crippen MR) is 107 cm³/mol. The van der Waals surface area contributed by atoms with Gasteiger partial charge in [-0.25, -0.2) is 4.79 Å². The van der Waals surface area contributed by atoms with Gasteiger partial charge in [0.1, 0.15) is 5.60 Å². The summed E-state index contributed by atoms with van der Waals surface area (Å²) in [4.78, 5) is 12.1. The minimum atomic E-state index is -0.456. The lowest BCUT2D eigenvalue weighted by atomic mass is 10.0. The lowest BCUT2D eigenvalue weighted by Gasteiger charge is -2.18. The summed E-state index contributed by atoms with van der Waals surface area (Å²) in [5, 5.41) is 0. The van der Waals surface area contributed by atoms with Gasteiger partial charge >= 0.3 is 5.97 Å². The second-order valence-electron chi connectivity index (χ2n) is 7.49. The van der Waals surface area contributed by atoms with Crippen LogP contribution in [0.15, 0.2) is 54.1 Å². The molecule has 1 aromatic carbocycles. The van der Waals surface area contributed by atoms with Gasteiger partial charge in [-0.05, 0) is 57.6 Å². The zero-order valence-corrected chi connectivity index (χ0v) is 16.4. The van der Waals surface area contributed by atoms with E-state index in [1.807, 2.05) is 26.8 Å². The van der Waals surface area contributed by atoms with Gasteiger partial charge < -0.3 is 4.74 Å². The quantitative estimate of drug-likeness (QED) is 0.212. The molecule has 138 valence electrons. The molecule has 0 aromatic heterocycles. The van der Waals surface area contributed by atoms with Crippen LogP contribution in [0.1, 0.15) is 71.8 Å². The van der Waals surface area contributed by atoms with Crippen molar-refractivity contribution in [2.75, 3.05) is 0 Å². The minimum absolute atomic E-state index is 0.258. The molecule has 1 aromatic rings. The van der Waals surface area contributed by atoms with Crippen molar-refractivity contribution in [2.45, 2.75) is 78.2 Å². The van der Waals surface area contributed by atoms with Gasteiger partial charge in [-0.1, -0.05) is 68.7 Å². The maximum Gasteiger partial charge on any atom is 0.331 e. The van der Waals surface area contributed by atoms with Crippen molar-refractivity contribution < 1.29 is 9.53 Å². The molecule has 0 heterocycles. The first kappa shape index (κ1) is 21.2. The van der Waals surface area contributed by atoms with Crippen LogP contribution >= 0.6 is 0 Å². The Morgan fingerprint density at radius 1 is 1.08 bits per heavy atom. The Labute approximate surface area is 154 Å². The fourth-order valence-corrected chi connectivity index (χ4v) is 2.54. The second-order valence-corrected chi connectivity index (χ2v) is 7.49. The van der Waals surface area contributed by atoms with Gasteiger partial charge in [0.05, 0.1) is 0 Å². The van der Waals surface area contributed by atoms with Gasteiger partial charge in [-0.3, -0.25) is 0 Å². The molecular formula is C23H34O2. The zero-order valence-electron chi connectivity index (χ0n) is 16.4. The van der Waals surface area contributed by atoms with Crippen LogP contribution in [-0.4, -0.2) is 11.6 Å². The molecule has 0 N–H and O–H groups in total. The highest BCUT2D eigenvalue weighted by atomic mass is 16.6. The minimum Gasteiger partial charge on any atom is -0.457 e. The van der Waals surface area contributed by atoms with E-state index in [2.05, 4.69) is 43.3 Å². The molecule has 2 nitrogen and oxygen atoms in total. The lowest BCUT2D eigenvalue weighted by molar-refractivity contribution is -0.148. The number of benzene rings is 1. The molecule has 0 aliphatic heterocycles. The summed E-state index contributed by atoms with van der Waals surface area (Å²) >= 11 is 0. The highest BCUT2D eigenvalue weighted by molar-refractivity contribution is 5.83. The molecule has 0 spiro atoms. The molecule has 2 heteroatoms. The normalized spacial score (nSPS) is 12.6. The summed E-state index contributed by atoms with van der Waals surface area (Å²) in [6.45, 7) is 7.91. The maximum absolute atomic E-state index is 12.1. The number of hydrogen-bond acceptors (Lipinski definition) is 2. The van der Waals surface area contributed by atoms with Gasteiger partial charge in [0.25, 0.3) is 0 Å². The first-order valence-electron chi connectivity index (χ1n) is 9.54. The van der Waals surface area contributed by atoms with Gasteiger partial charge in [-0.2, -0.15) is 0 Å². The summed E-state index contributed by atoms with van der Waals surface area (Å²) in [5.41, 5.74) is 1.87. The average Bonchev–Trinajstić information content (AvgIpc) is 2.54. The Kier molecular flexibility index (Phi) is 9.91. The third-order valence-corrected chi connectivity index (χ3v) is 3.81. The predicted octanol–water partition coefficient (Wildman–Crippen LogP) is 6.41. The van der Waals surface area contributed by atoms with Crippen molar-refractivity contribution >= 4 is 5.97 Å². The number of carbonyl (C=O) groups excluding carboxylic acids is 1. The number of carbonyl (C=O) groups is 1. The van der Waals surface area contributed by atoms with Crippen LogP contribution in [0.5, 0.6) is 0 Å². The number of rotatable bonds is 10. The summed E-state index contributed by atoms with van der Waals surface area (Å²) in [6, 6.07) is 10.4. The van der Waals surface area contributed by atoms with Gasteiger partial charge in [-0.15, -0.1) is 0 Å². The zero-order chi connectivity index (χ0) is 18.5. The van der Waals surface area contributed by atoms with E-state index in [-0.39, 0.29) is 5.97 Å². The number of aryl methyl sites for hydroxylation is 1. The van der Waals surface area contributed by atoms with E-state index in [1.165, 1.54) is 31.2 Å². The summed E-state index contributed by atoms with van der Waals surface area (Å²) in [7, 11) is 0. The Morgan fingerprint density at radius 2 is 1.80 bits per heavy atom. The molecule has 0 saturated carbocycles. The summed E-state index contributed by atoms with van der Waals surface area (Å²) < 4.78 is 5.43. The molecule has 0 fully saturated rings. The standard InChI is InChI=1S/C23H34O2/c1-5-6-7-8-9-11-16-21(19-22(24)25-23(2,3)4)18-17-20-14-12-10-13-15-20/h10-16,19H,5-9,17-18H2,1-4H3/b16-11+,21-19+. The van der Waals surface area contributed by atoms with E-state index >= 15 is 0 Å². The van der Waals surface area contributed by atoms with Crippen LogP contribution in [0, 0.1) is 0 Å². The van der Waals surface area contributed by atoms with E-state index in [0.29, 0.717) is 0 Å². The van der Waals surface area contributed by atoms with Crippen molar-refractivity contribution in [2.24, 2.45) is 0 Å². The molecule has 0 bridgehead atoms. The molecule has 0 unspecified atom stereocenters. The Bertz CT molecular complexity index is 547. The molecule has 0 saturated heterocycles. The Morgan fingerprint density at radius 3 is 2.44 bits per heavy atom. The summed E-state index contributed by atoms with van der Waals surface area (Å²) in [5.74, 6) is -0.258. The van der Waals surface area contributed by atoms with Crippen molar-refractivity contribution in [1.29, 1.82) is 0 Å². The number of unbranched alkanes of at least 4 members (excludes halogenated alkanes) is 4. The molecule has 0 aliphatic carbocycles. The van der Waals surface area contributed by atoms with E-state index in [4.69, 9.17) is 4.74 Å². The molecule has 0 radical (unpaired) electrons. The molecule has 0 amide bonds. The summed E-state index contributed by atoms with van der Waals surface area (Å²) in [6.07, 6.45) is 13.8. The van der Waals surface area contributed by atoms with Gasteiger partial charge in [0.15, 0.2) is 0 Å². The number of hydrogen-bond donors (Lipinski definition) is 0. The maximum atomic E-state index is 12.1. The van der Waals surface area contributed by atoms with Crippen LogP contribution in [0.3, 0.4) is 0 Å². The lowest BCUT2D eigenvalue weighted by Crippen LogP contribution is -2.22. The first-order chi connectivity index (χ1) is 11.9. The Balaban J connectivity index is 2.65. The van der Waals surface area contributed by atoms with Crippen molar-refractivity contribution in [3.05, 3.63) is 59.7 Å². The molecule has 0 aliphatic rings. The molecular weight excluding hydrogens is 308 g/mol. The van der Waals surface area contributed by atoms with Crippen LogP contribution in [0.2, 0.25) is 0 Å². The van der Waals surface area contributed by atoms with Gasteiger partial charge in [0, 0.05) is 6.08 Å². The second kappa shape index (κ2) is 11.7. The topological polar surface area (TPSA) is 26.3 Å². The fourth-order valence-electron chi connectivity index (χ4n) is 2.54. The monoisotopic (exact) mass is 342 g/mol. The third kappa shape index (κ3) is 11.4. The highest BCUT2D eigenvalue weighted by Crippen LogP contribution is 2.14. The molecule has 0 atom stereocenters. The van der Waals surface area contributed by atoms with Crippen LogP contribution in [0.25, 0.3) is 0 Å². The third-order valence-electron chi connectivity index (χ3n) is 3.81. The highest BCUT2D eigenvalue weighted by Gasteiger charge is 2.14. The first-order valence-corrected chi connectivity index (χ1v) is 9.54. The van der Waals surface area contributed by atoms with E-state index < -0.39 is 5.60 Å². The number of ether oxygens (including phenoxy) is 1. The van der Waals surface area contributed by atoms with Crippen molar-refractivity contribution in [3.63, 3.8) is 0 Å². The van der Waals surface area contributed by atoms with Crippen molar-refractivity contribution in [3.8, 4) is 0 Å². The van der Waals surface area contributed by atoms with E-state index in [9.17, 15) is 4.79 Å². The molecule has 25 heavy (non-hydrogen) atoms. The van der Waals surface area contributed by atoms with Crippen LogP contribution in [0.4, 0.5) is 0 Å². The number of allylic oxidation sites excluding steroid dienone is 3. The van der Waals surface area contributed by atoms with E-state index in [0.717, 1.165) is 24.8 Å². The van der Waals surface area contributed by atoms with E-state index in [1.54, 1.807) is 6.08 Å². The SMILES string of the molecule is CCCCCC/C=C/C(=C\C(=O)OC(C)(C)C)CCc1ccccc1. The molecule has 1 rings (SSSR count). The fraction of sp³-hybridized carbons (Fsp3) is 0.522. The number of esters is 1. The van der Waals surface area contributed by atoms with Crippen molar-refractivity contribution in [1.82, 2.24) is 0 Å². The average molecular weight is 343 g/mol. The Hall–Kier alpha value is -1.83.